The molecule has 80 heavy (non-hydrogen) atoms. The van der Waals surface area contributed by atoms with Gasteiger partial charge in [0, 0.05) is 63.2 Å². The van der Waals surface area contributed by atoms with Crippen LogP contribution in [0.25, 0.3) is 22.3 Å². The molecule has 4 heterocycles. The van der Waals surface area contributed by atoms with Gasteiger partial charge in [0.15, 0.2) is 0 Å². The summed E-state index contributed by atoms with van der Waals surface area (Å²) in [7, 11) is 0. The lowest BCUT2D eigenvalue weighted by atomic mass is 9.33. The monoisotopic (exact) mass is 1050 g/mol. The zero-order valence-corrected chi connectivity index (χ0v) is 50.6. The van der Waals surface area contributed by atoms with Crippen LogP contribution in [0.3, 0.4) is 0 Å². The maximum atomic E-state index is 4.60. The third-order valence-corrected chi connectivity index (χ3v) is 20.4. The van der Waals surface area contributed by atoms with E-state index < -0.39 is 0 Å². The second-order valence-corrected chi connectivity index (χ2v) is 29.5. The molecule has 1 fully saturated rings. The van der Waals surface area contributed by atoms with Gasteiger partial charge in [-0.05, 0) is 193 Å². The summed E-state index contributed by atoms with van der Waals surface area (Å²) in [6.07, 6.45) is 10.8. The van der Waals surface area contributed by atoms with E-state index in [1.165, 1.54) is 125 Å². The van der Waals surface area contributed by atoms with E-state index in [-0.39, 0.29) is 44.7 Å². The Balaban J connectivity index is 1.20. The highest BCUT2D eigenvalue weighted by Gasteiger charge is 2.58. The summed E-state index contributed by atoms with van der Waals surface area (Å²) in [5, 5.41) is 0. The molecule has 4 nitrogen and oxygen atoms in total. The van der Waals surface area contributed by atoms with Crippen LogP contribution in [0.5, 0.6) is 0 Å². The fraction of sp³-hybridized carbons (Fsp3) is 0.373. The normalized spacial score (nSPS) is 20.6. The number of fused-ring (bicyclic) bond motifs is 8. The molecule has 0 saturated heterocycles. The second kappa shape index (κ2) is 17.8. The Morgan fingerprint density at radius 3 is 1.73 bits per heavy atom. The van der Waals surface area contributed by atoms with Crippen molar-refractivity contribution >= 4 is 68.6 Å². The van der Waals surface area contributed by atoms with Crippen molar-refractivity contribution in [2.45, 2.75) is 180 Å². The van der Waals surface area contributed by atoms with E-state index in [4.69, 9.17) is 0 Å². The fourth-order valence-corrected chi connectivity index (χ4v) is 15.2. The summed E-state index contributed by atoms with van der Waals surface area (Å²) in [4.78, 5) is 12.9. The van der Waals surface area contributed by atoms with Gasteiger partial charge in [-0.3, -0.25) is 4.98 Å². The van der Waals surface area contributed by atoms with Crippen LogP contribution in [0.15, 0.2) is 158 Å². The van der Waals surface area contributed by atoms with Crippen molar-refractivity contribution in [3.05, 3.63) is 191 Å². The highest BCUT2D eigenvalue weighted by Crippen LogP contribution is 2.63. The zero-order valence-electron chi connectivity index (χ0n) is 50.6. The summed E-state index contributed by atoms with van der Waals surface area (Å²) in [6, 6.07) is 58.0. The molecule has 5 heteroatoms. The first kappa shape index (κ1) is 52.5. The molecular formula is C75H83BN4. The number of hydrogen-bond donors (Lipinski definition) is 0. The smallest absolute Gasteiger partial charge is 0.252 e. The molecular weight excluding hydrogens is 968 g/mol. The third-order valence-electron chi connectivity index (χ3n) is 20.4. The van der Waals surface area contributed by atoms with Gasteiger partial charge in [0.1, 0.15) is 0 Å². The molecule has 0 spiro atoms. The van der Waals surface area contributed by atoms with Crippen molar-refractivity contribution in [2.24, 2.45) is 0 Å². The molecule has 0 amide bonds. The lowest BCUT2D eigenvalue weighted by Gasteiger charge is -2.51. The van der Waals surface area contributed by atoms with Gasteiger partial charge >= 0.3 is 0 Å². The van der Waals surface area contributed by atoms with Gasteiger partial charge in [0.25, 0.3) is 6.71 Å². The number of pyridine rings is 1. The number of rotatable bonds is 5. The molecule has 2 aliphatic carbocycles. The Kier molecular flexibility index (Phi) is 11.7. The minimum Gasteiger partial charge on any atom is -0.334 e. The molecule has 0 radical (unpaired) electrons. The minimum atomic E-state index is -0.208. The van der Waals surface area contributed by atoms with Crippen LogP contribution in [0.1, 0.15) is 176 Å². The summed E-state index contributed by atoms with van der Waals surface area (Å²) in [5.41, 5.74) is 27.0. The third kappa shape index (κ3) is 8.01. The molecule has 1 aromatic heterocycles. The Bertz CT molecular complexity index is 3790. The van der Waals surface area contributed by atoms with Gasteiger partial charge in [-0.15, -0.1) is 0 Å². The second-order valence-electron chi connectivity index (χ2n) is 29.5. The van der Waals surface area contributed by atoms with E-state index in [9.17, 15) is 0 Å². The SMILES string of the molecule is CC(C)(C)c1cccc(N2c3cc(C(C)(C)C)ccc3B3c4cc5c(cc4N(c4ccc(C(C)(C)C)cc4-c4ccccc4)c4cc(N6c7ccc(-c8cccnc8)cc7C7(C)CCCCC67C)cc2c43)C(C)(C)CCC5(C)C)c1. The van der Waals surface area contributed by atoms with Crippen molar-refractivity contribution < 1.29 is 0 Å². The molecule has 1 saturated carbocycles. The van der Waals surface area contributed by atoms with Crippen LogP contribution in [-0.4, -0.2) is 17.2 Å². The van der Waals surface area contributed by atoms with Crippen molar-refractivity contribution in [3.63, 3.8) is 0 Å². The van der Waals surface area contributed by atoms with Crippen molar-refractivity contribution in [2.75, 3.05) is 14.7 Å². The van der Waals surface area contributed by atoms with Crippen LogP contribution >= 0.6 is 0 Å². The predicted octanol–water partition coefficient (Wildman–Crippen LogP) is 18.5. The van der Waals surface area contributed by atoms with Crippen molar-refractivity contribution in [1.82, 2.24) is 4.98 Å². The first-order valence-corrected chi connectivity index (χ1v) is 30.1. The Labute approximate surface area is 479 Å². The van der Waals surface area contributed by atoms with Gasteiger partial charge in [-0.25, -0.2) is 0 Å². The van der Waals surface area contributed by atoms with Gasteiger partial charge in [-0.2, -0.15) is 0 Å². The summed E-state index contributed by atoms with van der Waals surface area (Å²) in [5.74, 6) is 0. The Hall–Kier alpha value is -6.85. The van der Waals surface area contributed by atoms with E-state index in [1.54, 1.807) is 0 Å². The Morgan fingerprint density at radius 2 is 1.04 bits per heavy atom. The standard InChI is InChI=1S/C75H83BN4/c1-69(2,3)51-26-21-27-54(40-51)78-64-42-53(71(7,8)9)29-31-60(64)76-61-45-57-58(73(12,13)37-36-72(57,10)11)46-65(61)79(62-33-30-52(70(4,5)6)41-56(62)48-23-17-16-18-24-48)67-44-55(43-66(78)68(67)76)80-63-32-28-49(50-25-22-38-77-47-50)39-59(63)74(14)34-19-20-35-75(74,80)15/h16-18,21-33,38-47H,19-20,34-37H2,1-15H3. The quantitative estimate of drug-likeness (QED) is 0.160. The molecule has 5 aliphatic rings. The number of nitrogens with zero attached hydrogens (tertiary/aromatic N) is 4. The molecule has 3 aliphatic heterocycles. The zero-order chi connectivity index (χ0) is 56.3. The molecule has 406 valence electrons. The minimum absolute atomic E-state index is 0.00784. The molecule has 13 rings (SSSR count). The summed E-state index contributed by atoms with van der Waals surface area (Å²) < 4.78 is 0. The Morgan fingerprint density at radius 1 is 0.425 bits per heavy atom. The number of benzene rings is 7. The molecule has 2 unspecified atom stereocenters. The molecule has 0 bridgehead atoms. The van der Waals surface area contributed by atoms with E-state index >= 15 is 0 Å². The fourth-order valence-electron chi connectivity index (χ4n) is 15.2. The largest absolute Gasteiger partial charge is 0.334 e. The van der Waals surface area contributed by atoms with Crippen LogP contribution in [-0.2, 0) is 32.5 Å². The van der Waals surface area contributed by atoms with E-state index in [2.05, 4.69) is 269 Å². The molecule has 2 atom stereocenters. The maximum absolute atomic E-state index is 4.60. The van der Waals surface area contributed by atoms with E-state index in [0.29, 0.717) is 0 Å². The van der Waals surface area contributed by atoms with Crippen LogP contribution < -0.4 is 31.1 Å². The van der Waals surface area contributed by atoms with Crippen molar-refractivity contribution in [1.29, 1.82) is 0 Å². The maximum Gasteiger partial charge on any atom is 0.252 e. The number of aromatic nitrogens is 1. The lowest BCUT2D eigenvalue weighted by molar-refractivity contribution is 0.195. The highest BCUT2D eigenvalue weighted by molar-refractivity contribution is 7.00. The predicted molar refractivity (Wildman–Crippen MR) is 343 cm³/mol. The average Bonchev–Trinajstić information content (AvgIpc) is 1.62. The van der Waals surface area contributed by atoms with Gasteiger partial charge < -0.3 is 14.7 Å². The van der Waals surface area contributed by atoms with Gasteiger partial charge in [0.2, 0.25) is 0 Å². The van der Waals surface area contributed by atoms with E-state index in [1.807, 2.05) is 12.4 Å². The number of hydrogen-bond acceptors (Lipinski definition) is 4. The summed E-state index contributed by atoms with van der Waals surface area (Å²) >= 11 is 0. The van der Waals surface area contributed by atoms with Gasteiger partial charge in [0.05, 0.1) is 11.2 Å². The topological polar surface area (TPSA) is 22.6 Å². The highest BCUT2D eigenvalue weighted by atomic mass is 15.3. The average molecular weight is 1050 g/mol. The van der Waals surface area contributed by atoms with Crippen molar-refractivity contribution in [3.8, 4) is 22.3 Å². The molecule has 8 aromatic rings. The molecule has 0 N–H and O–H groups in total. The van der Waals surface area contributed by atoms with Gasteiger partial charge in [-0.1, -0.05) is 189 Å². The lowest BCUT2D eigenvalue weighted by Crippen LogP contribution is -2.62. The number of anilines is 8. The van der Waals surface area contributed by atoms with Crippen LogP contribution in [0, 0.1) is 0 Å². The van der Waals surface area contributed by atoms with E-state index in [0.717, 1.165) is 31.2 Å². The van der Waals surface area contributed by atoms with Crippen LogP contribution in [0.4, 0.5) is 45.5 Å². The van der Waals surface area contributed by atoms with Crippen LogP contribution in [0.2, 0.25) is 0 Å². The first-order valence-electron chi connectivity index (χ1n) is 30.1. The first-order chi connectivity index (χ1) is 37.8. The molecule has 7 aromatic carbocycles. The summed E-state index contributed by atoms with van der Waals surface area (Å²) in [6.45, 7) is 36.4.